The molecule has 2 aliphatic rings. The van der Waals surface area contributed by atoms with E-state index in [9.17, 15) is 19.5 Å². The van der Waals surface area contributed by atoms with Gasteiger partial charge in [-0.15, -0.1) is 23.1 Å². The number of hydrogen-bond acceptors (Lipinski definition) is 12. The molecular formula is C15H16N8O5S3. The molecule has 1 amide bonds. The Kier molecular flexibility index (Phi) is 6.54. The van der Waals surface area contributed by atoms with Crippen LogP contribution in [0.4, 0.5) is 5.13 Å². The van der Waals surface area contributed by atoms with Crippen LogP contribution in [0.1, 0.15) is 5.69 Å². The number of carboxylic acids is 1. The maximum atomic E-state index is 13.1. The van der Waals surface area contributed by atoms with Crippen molar-refractivity contribution in [3.8, 4) is 0 Å². The molecule has 3 rings (SSSR count). The fourth-order valence-electron chi connectivity index (χ4n) is 2.96. The van der Waals surface area contributed by atoms with Gasteiger partial charge >= 0.3 is 5.97 Å². The zero-order chi connectivity index (χ0) is 22.9. The van der Waals surface area contributed by atoms with Crippen LogP contribution in [0.5, 0.6) is 0 Å². The molecule has 0 saturated carbocycles. The van der Waals surface area contributed by atoms with Crippen molar-refractivity contribution in [2.24, 2.45) is 27.6 Å². The van der Waals surface area contributed by atoms with Crippen molar-refractivity contribution in [1.29, 1.82) is 0 Å². The van der Waals surface area contributed by atoms with Gasteiger partial charge in [0, 0.05) is 11.0 Å². The number of carbonyl (C=O) groups is 3. The first-order valence-electron chi connectivity index (χ1n) is 8.34. The van der Waals surface area contributed by atoms with Crippen molar-refractivity contribution in [2.45, 2.75) is 10.7 Å². The lowest BCUT2D eigenvalue weighted by atomic mass is 9.88. The van der Waals surface area contributed by atoms with Gasteiger partial charge in [0.2, 0.25) is 11.7 Å². The third-order valence-corrected chi connectivity index (χ3v) is 6.27. The van der Waals surface area contributed by atoms with Gasteiger partial charge in [-0.05, 0) is 12.2 Å². The van der Waals surface area contributed by atoms with E-state index in [2.05, 4.69) is 32.9 Å². The topological polar surface area (TPSA) is 212 Å². The zero-order valence-corrected chi connectivity index (χ0v) is 18.2. The summed E-state index contributed by atoms with van der Waals surface area (Å²) in [6, 6.07) is 0. The van der Waals surface area contributed by atoms with Gasteiger partial charge in [0.05, 0.1) is 11.6 Å². The second kappa shape index (κ2) is 8.96. The standard InChI is InChI=1S/C15H16N8O5S3/c1-28-22-7(5-3-30-15(18)20-5)9(24)6-11(25)23-8(13(26)27)4(2-19-21-14(17)29)10(16)31-12(6)23/h2-3,6,10,12H,16H2,1H3,(H2,18,20)(H,26,27)(H3,17,21,29)/b19-2?,22-7-/t6?,10?,12-/m1/s1. The van der Waals surface area contributed by atoms with Gasteiger partial charge in [0.1, 0.15) is 29.8 Å². The number of oxime groups is 1. The van der Waals surface area contributed by atoms with Gasteiger partial charge in [-0.1, -0.05) is 5.16 Å². The minimum atomic E-state index is -1.41. The van der Waals surface area contributed by atoms with E-state index in [1.807, 2.05) is 0 Å². The number of thiazole rings is 1. The number of β-lactam (4-membered cyclic amide) rings is 1. The first-order valence-corrected chi connectivity index (χ1v) is 10.6. The highest BCUT2D eigenvalue weighted by Gasteiger charge is 2.59. The Labute approximate surface area is 188 Å². The van der Waals surface area contributed by atoms with E-state index in [-0.39, 0.29) is 32.9 Å². The number of amides is 1. The third kappa shape index (κ3) is 4.22. The Morgan fingerprint density at radius 1 is 1.48 bits per heavy atom. The molecule has 1 saturated heterocycles. The molecule has 31 heavy (non-hydrogen) atoms. The van der Waals surface area contributed by atoms with E-state index < -0.39 is 34.3 Å². The van der Waals surface area contributed by atoms with E-state index in [0.29, 0.717) is 0 Å². The number of carboxylic acid groups (broad SMARTS) is 1. The predicted molar refractivity (Wildman–Crippen MR) is 118 cm³/mol. The van der Waals surface area contributed by atoms with Crippen LogP contribution in [0, 0.1) is 5.92 Å². The average molecular weight is 485 g/mol. The fourth-order valence-corrected chi connectivity index (χ4v) is 4.91. The summed E-state index contributed by atoms with van der Waals surface area (Å²) in [5, 5.41) is 16.9. The second-order valence-corrected chi connectivity index (χ2v) is 8.63. The molecule has 0 aromatic carbocycles. The van der Waals surface area contributed by atoms with Gasteiger partial charge in [-0.25, -0.2) is 9.78 Å². The maximum absolute atomic E-state index is 13.1. The summed E-state index contributed by atoms with van der Waals surface area (Å²) in [6.07, 6.45) is 1.12. The minimum Gasteiger partial charge on any atom is -0.477 e. The monoisotopic (exact) mass is 484 g/mol. The highest BCUT2D eigenvalue weighted by Crippen LogP contribution is 2.46. The number of carbonyl (C=O) groups excluding carboxylic acids is 2. The summed E-state index contributed by atoms with van der Waals surface area (Å²) >= 11 is 6.73. The number of Topliss-reactive ketones (excluding diaryl/α,β-unsaturated/α-hetero) is 1. The molecule has 0 aliphatic carbocycles. The smallest absolute Gasteiger partial charge is 0.353 e. The van der Waals surface area contributed by atoms with E-state index in [1.54, 1.807) is 0 Å². The SMILES string of the molecule is CO/N=C(\C(=O)C1C(=O)N2C(C(=O)O)=C(C=NNC(N)=S)C(N)S[C@H]12)c1csc(N)n1. The first-order chi connectivity index (χ1) is 14.7. The molecule has 1 aromatic rings. The van der Waals surface area contributed by atoms with Crippen molar-refractivity contribution in [3.63, 3.8) is 0 Å². The normalized spacial score (nSPS) is 23.4. The second-order valence-electron chi connectivity index (χ2n) is 6.03. The summed E-state index contributed by atoms with van der Waals surface area (Å²) in [7, 11) is 1.24. The summed E-state index contributed by atoms with van der Waals surface area (Å²) in [5.41, 5.74) is 18.9. The largest absolute Gasteiger partial charge is 0.477 e. The van der Waals surface area contributed by atoms with Crippen LogP contribution < -0.4 is 22.6 Å². The number of nitrogens with zero attached hydrogens (tertiary/aromatic N) is 4. The number of nitrogens with two attached hydrogens (primary N) is 3. The highest BCUT2D eigenvalue weighted by molar-refractivity contribution is 8.00. The number of thioether (sulfide) groups is 1. The lowest BCUT2D eigenvalue weighted by Crippen LogP contribution is -2.66. The van der Waals surface area contributed by atoms with Crippen LogP contribution in [0.2, 0.25) is 0 Å². The van der Waals surface area contributed by atoms with Gasteiger partial charge < -0.3 is 27.1 Å². The Hall–Kier alpha value is -3.08. The molecule has 1 aromatic heterocycles. The molecule has 1 fully saturated rings. The predicted octanol–water partition coefficient (Wildman–Crippen LogP) is -1.38. The van der Waals surface area contributed by atoms with E-state index in [0.717, 1.165) is 34.2 Å². The molecule has 0 spiro atoms. The Morgan fingerprint density at radius 2 is 2.19 bits per heavy atom. The number of ketones is 1. The summed E-state index contributed by atoms with van der Waals surface area (Å²) in [4.78, 5) is 47.5. The Balaban J connectivity index is 1.94. The molecule has 3 atom stereocenters. The van der Waals surface area contributed by atoms with E-state index >= 15 is 0 Å². The average Bonchev–Trinajstić information content (AvgIpc) is 3.12. The molecule has 8 N–H and O–H groups in total. The van der Waals surface area contributed by atoms with Gasteiger partial charge in [-0.2, -0.15) is 5.10 Å². The zero-order valence-electron chi connectivity index (χ0n) is 15.7. The van der Waals surface area contributed by atoms with E-state index in [1.165, 1.54) is 12.5 Å². The van der Waals surface area contributed by atoms with Crippen molar-refractivity contribution >= 4 is 75.1 Å². The van der Waals surface area contributed by atoms with Crippen LogP contribution in [-0.4, -0.2) is 67.5 Å². The van der Waals surface area contributed by atoms with Crippen LogP contribution in [0.3, 0.4) is 0 Å². The molecule has 0 radical (unpaired) electrons. The Bertz CT molecular complexity index is 1050. The van der Waals surface area contributed by atoms with Crippen LogP contribution in [-0.2, 0) is 19.2 Å². The lowest BCUT2D eigenvalue weighted by molar-refractivity contribution is -0.155. The number of thiocarbonyl (C=S) groups is 1. The van der Waals surface area contributed by atoms with Crippen molar-refractivity contribution in [3.05, 3.63) is 22.3 Å². The number of hydrogen-bond donors (Lipinski definition) is 5. The quantitative estimate of drug-likeness (QED) is 0.0996. The fraction of sp³-hybridized carbons (Fsp3) is 0.267. The van der Waals surface area contributed by atoms with Crippen molar-refractivity contribution < 1.29 is 24.3 Å². The lowest BCUT2D eigenvalue weighted by Gasteiger charge is -2.49. The van der Waals surface area contributed by atoms with Crippen LogP contribution in [0.25, 0.3) is 0 Å². The number of nitrogens with one attached hydrogen (secondary N) is 1. The number of hydrazone groups is 1. The molecule has 2 unspecified atom stereocenters. The molecule has 13 nitrogen and oxygen atoms in total. The number of rotatable bonds is 7. The van der Waals surface area contributed by atoms with E-state index in [4.69, 9.17) is 22.0 Å². The van der Waals surface area contributed by atoms with Gasteiger partial charge in [0.25, 0.3) is 0 Å². The Morgan fingerprint density at radius 3 is 2.74 bits per heavy atom. The van der Waals surface area contributed by atoms with Crippen LogP contribution in [0.15, 0.2) is 26.9 Å². The third-order valence-electron chi connectivity index (χ3n) is 4.19. The summed E-state index contributed by atoms with van der Waals surface area (Å²) < 4.78 is 0. The molecule has 0 bridgehead atoms. The summed E-state index contributed by atoms with van der Waals surface area (Å²) in [6.45, 7) is 0. The van der Waals surface area contributed by atoms with Crippen molar-refractivity contribution in [1.82, 2.24) is 15.3 Å². The summed E-state index contributed by atoms with van der Waals surface area (Å²) in [5.74, 6) is -4.05. The molecule has 164 valence electrons. The van der Waals surface area contributed by atoms with Gasteiger partial charge in [-0.3, -0.25) is 19.9 Å². The number of aliphatic carboxylic acids is 1. The van der Waals surface area contributed by atoms with Crippen LogP contribution >= 0.6 is 35.3 Å². The molecule has 16 heteroatoms. The van der Waals surface area contributed by atoms with Gasteiger partial charge in [0.15, 0.2) is 16.0 Å². The number of fused-ring (bicyclic) bond motifs is 1. The minimum absolute atomic E-state index is 0.0507. The number of anilines is 1. The number of nitrogen functional groups attached to an aromatic ring is 1. The maximum Gasteiger partial charge on any atom is 0.353 e. The molecular weight excluding hydrogens is 468 g/mol. The number of aromatic nitrogens is 1. The molecule has 3 heterocycles. The molecule has 2 aliphatic heterocycles. The van der Waals surface area contributed by atoms with Crippen molar-refractivity contribution in [2.75, 3.05) is 12.8 Å². The first kappa shape index (κ1) is 22.6. The highest BCUT2D eigenvalue weighted by atomic mass is 32.2.